The minimum Gasteiger partial charge on any atom is -0.481 e. The van der Waals surface area contributed by atoms with E-state index in [1.54, 1.807) is 6.07 Å². The number of unbranched alkanes of at least 4 members (excludes halogenated alkanes) is 2. The average Bonchev–Trinajstić information content (AvgIpc) is 2.31. The molecule has 0 aliphatic carbocycles. The van der Waals surface area contributed by atoms with Crippen molar-refractivity contribution in [3.8, 4) is 0 Å². The Hall–Kier alpha value is -0.870. The SMILES string of the molecule is O=C(O)CCCCCS(=O)Cc1ccccc1Cl. The Morgan fingerprint density at radius 2 is 1.94 bits per heavy atom. The van der Waals surface area contributed by atoms with Crippen LogP contribution in [0.1, 0.15) is 31.2 Å². The molecule has 1 aromatic carbocycles. The number of rotatable bonds is 8. The third-order valence-corrected chi connectivity index (χ3v) is 4.28. The fraction of sp³-hybridized carbons (Fsp3) is 0.462. The van der Waals surface area contributed by atoms with Crippen molar-refractivity contribution in [3.05, 3.63) is 34.9 Å². The predicted octanol–water partition coefficient (Wildman–Crippen LogP) is 3.23. The van der Waals surface area contributed by atoms with Crippen molar-refractivity contribution >= 4 is 28.4 Å². The molecule has 0 saturated heterocycles. The molecule has 0 heterocycles. The van der Waals surface area contributed by atoms with Crippen molar-refractivity contribution in [2.75, 3.05) is 5.75 Å². The van der Waals surface area contributed by atoms with Crippen LogP contribution in [0.2, 0.25) is 5.02 Å². The summed E-state index contributed by atoms with van der Waals surface area (Å²) in [7, 11) is -0.927. The number of halogens is 1. The van der Waals surface area contributed by atoms with Crippen molar-refractivity contribution in [2.24, 2.45) is 0 Å². The van der Waals surface area contributed by atoms with E-state index >= 15 is 0 Å². The van der Waals surface area contributed by atoms with E-state index < -0.39 is 16.8 Å². The summed E-state index contributed by atoms with van der Waals surface area (Å²) < 4.78 is 11.8. The molecule has 0 aromatic heterocycles. The molecule has 0 aliphatic rings. The van der Waals surface area contributed by atoms with Crippen LogP contribution in [-0.2, 0) is 21.3 Å². The van der Waals surface area contributed by atoms with Crippen LogP contribution in [0.4, 0.5) is 0 Å². The first-order valence-electron chi connectivity index (χ1n) is 5.90. The molecule has 0 spiro atoms. The molecule has 1 rings (SSSR count). The van der Waals surface area contributed by atoms with Crippen LogP contribution >= 0.6 is 11.6 Å². The van der Waals surface area contributed by atoms with Crippen LogP contribution in [-0.4, -0.2) is 21.0 Å². The van der Waals surface area contributed by atoms with Crippen LogP contribution in [0.15, 0.2) is 24.3 Å². The lowest BCUT2D eigenvalue weighted by molar-refractivity contribution is -0.137. The molecule has 0 radical (unpaired) electrons. The van der Waals surface area contributed by atoms with E-state index in [1.165, 1.54) is 0 Å². The molecule has 1 unspecified atom stereocenters. The fourth-order valence-corrected chi connectivity index (χ4v) is 3.13. The summed E-state index contributed by atoms with van der Waals surface area (Å²) in [5.74, 6) is 0.302. The van der Waals surface area contributed by atoms with Crippen molar-refractivity contribution in [1.82, 2.24) is 0 Å². The van der Waals surface area contributed by atoms with Gasteiger partial charge in [-0.3, -0.25) is 9.00 Å². The second kappa shape index (κ2) is 8.27. The maximum absolute atomic E-state index is 11.8. The fourth-order valence-electron chi connectivity index (χ4n) is 1.58. The minimum absolute atomic E-state index is 0.192. The standard InChI is InChI=1S/C13H17ClO3S/c14-12-7-4-3-6-11(12)10-18(17)9-5-1-2-8-13(15)16/h3-4,6-7H,1-2,5,8-10H2,(H,15,16). The molecule has 0 fully saturated rings. The summed E-state index contributed by atoms with van der Waals surface area (Å²) in [6.45, 7) is 0. The van der Waals surface area contributed by atoms with Crippen LogP contribution in [0.3, 0.4) is 0 Å². The normalized spacial score (nSPS) is 12.3. The van der Waals surface area contributed by atoms with Gasteiger partial charge in [0.25, 0.3) is 0 Å². The quantitative estimate of drug-likeness (QED) is 0.747. The second-order valence-corrected chi connectivity index (χ2v) is 6.07. The monoisotopic (exact) mass is 288 g/mol. The first-order valence-corrected chi connectivity index (χ1v) is 7.76. The first-order chi connectivity index (χ1) is 8.59. The van der Waals surface area contributed by atoms with Crippen molar-refractivity contribution in [3.63, 3.8) is 0 Å². The van der Waals surface area contributed by atoms with E-state index in [0.29, 0.717) is 22.9 Å². The van der Waals surface area contributed by atoms with Gasteiger partial charge in [-0.05, 0) is 24.5 Å². The van der Waals surface area contributed by atoms with Crippen molar-refractivity contribution < 1.29 is 14.1 Å². The van der Waals surface area contributed by atoms with E-state index in [-0.39, 0.29) is 6.42 Å². The van der Waals surface area contributed by atoms with Crippen LogP contribution < -0.4 is 0 Å². The van der Waals surface area contributed by atoms with Gasteiger partial charge in [-0.25, -0.2) is 0 Å². The summed E-state index contributed by atoms with van der Waals surface area (Å²) in [5, 5.41) is 9.12. The van der Waals surface area contributed by atoms with Gasteiger partial charge in [-0.1, -0.05) is 36.2 Å². The Bertz CT molecular complexity index is 420. The number of hydrogen-bond donors (Lipinski definition) is 1. The Morgan fingerprint density at radius 1 is 1.22 bits per heavy atom. The lowest BCUT2D eigenvalue weighted by atomic mass is 10.2. The highest BCUT2D eigenvalue weighted by atomic mass is 35.5. The van der Waals surface area contributed by atoms with E-state index in [0.717, 1.165) is 18.4 Å². The highest BCUT2D eigenvalue weighted by molar-refractivity contribution is 7.84. The van der Waals surface area contributed by atoms with E-state index in [2.05, 4.69) is 0 Å². The van der Waals surface area contributed by atoms with Gasteiger partial charge < -0.3 is 5.11 Å². The van der Waals surface area contributed by atoms with Crippen molar-refractivity contribution in [1.29, 1.82) is 0 Å². The molecule has 100 valence electrons. The largest absolute Gasteiger partial charge is 0.481 e. The molecule has 0 aliphatic heterocycles. The van der Waals surface area contributed by atoms with Gasteiger partial charge in [0, 0.05) is 33.7 Å². The molecule has 0 bridgehead atoms. The lowest BCUT2D eigenvalue weighted by Crippen LogP contribution is -2.02. The van der Waals surface area contributed by atoms with Crippen LogP contribution in [0.25, 0.3) is 0 Å². The minimum atomic E-state index is -0.927. The number of hydrogen-bond acceptors (Lipinski definition) is 2. The van der Waals surface area contributed by atoms with Gasteiger partial charge in [0.05, 0.1) is 0 Å². The number of aliphatic carboxylic acids is 1. The zero-order valence-corrected chi connectivity index (χ0v) is 11.7. The van der Waals surface area contributed by atoms with E-state index in [9.17, 15) is 9.00 Å². The van der Waals surface area contributed by atoms with Crippen LogP contribution in [0.5, 0.6) is 0 Å². The summed E-state index contributed by atoms with van der Waals surface area (Å²) in [6.07, 6.45) is 2.45. The summed E-state index contributed by atoms with van der Waals surface area (Å²) >= 11 is 5.99. The van der Waals surface area contributed by atoms with Crippen LogP contribution in [0, 0.1) is 0 Å². The Kier molecular flexibility index (Phi) is 6.98. The number of carboxylic acid groups (broad SMARTS) is 1. The molecule has 0 saturated carbocycles. The maximum atomic E-state index is 11.8. The first kappa shape index (κ1) is 15.2. The molecule has 1 N–H and O–H groups in total. The van der Waals surface area contributed by atoms with Gasteiger partial charge in [0.2, 0.25) is 0 Å². The molecule has 3 nitrogen and oxygen atoms in total. The van der Waals surface area contributed by atoms with E-state index in [4.69, 9.17) is 16.7 Å². The molecule has 0 amide bonds. The zero-order chi connectivity index (χ0) is 13.4. The lowest BCUT2D eigenvalue weighted by Gasteiger charge is -2.04. The molecule has 18 heavy (non-hydrogen) atoms. The smallest absolute Gasteiger partial charge is 0.303 e. The molecule has 1 atom stereocenters. The topological polar surface area (TPSA) is 54.4 Å². The average molecular weight is 289 g/mol. The number of carbonyl (C=O) groups is 1. The third kappa shape index (κ3) is 6.17. The summed E-state index contributed by atoms with van der Waals surface area (Å²) in [4.78, 5) is 10.3. The summed E-state index contributed by atoms with van der Waals surface area (Å²) in [6, 6.07) is 7.40. The van der Waals surface area contributed by atoms with Crippen molar-refractivity contribution in [2.45, 2.75) is 31.4 Å². The molecule has 5 heteroatoms. The Morgan fingerprint density at radius 3 is 2.61 bits per heavy atom. The number of benzene rings is 1. The van der Waals surface area contributed by atoms with Gasteiger partial charge >= 0.3 is 5.97 Å². The Balaban J connectivity index is 2.22. The molecule has 1 aromatic rings. The second-order valence-electron chi connectivity index (χ2n) is 4.08. The van der Waals surface area contributed by atoms with Gasteiger partial charge in [0.15, 0.2) is 0 Å². The molecular weight excluding hydrogens is 272 g/mol. The third-order valence-electron chi connectivity index (χ3n) is 2.54. The predicted molar refractivity (Wildman–Crippen MR) is 74.3 cm³/mol. The molecular formula is C13H17ClO3S. The zero-order valence-electron chi connectivity index (χ0n) is 10.1. The number of carboxylic acids is 1. The maximum Gasteiger partial charge on any atom is 0.303 e. The van der Waals surface area contributed by atoms with E-state index in [1.807, 2.05) is 18.2 Å². The van der Waals surface area contributed by atoms with Gasteiger partial charge in [-0.2, -0.15) is 0 Å². The Labute approximate surface area is 115 Å². The highest BCUT2D eigenvalue weighted by Gasteiger charge is 2.05. The highest BCUT2D eigenvalue weighted by Crippen LogP contribution is 2.17. The van der Waals surface area contributed by atoms with Gasteiger partial charge in [0.1, 0.15) is 0 Å². The summed E-state index contributed by atoms with van der Waals surface area (Å²) in [5.41, 5.74) is 0.906. The van der Waals surface area contributed by atoms with Gasteiger partial charge in [-0.15, -0.1) is 0 Å².